The molecule has 0 spiro atoms. The van der Waals surface area contributed by atoms with Crippen molar-refractivity contribution >= 4 is 242 Å². The molecule has 6 unspecified atom stereocenters. The van der Waals surface area contributed by atoms with Crippen molar-refractivity contribution in [2.45, 2.75) is 276 Å². The molecule has 5 aromatic carbocycles. The van der Waals surface area contributed by atoms with Gasteiger partial charge in [-0.1, -0.05) is 237 Å². The fourth-order valence-corrected chi connectivity index (χ4v) is 36.7. The molecule has 0 aliphatic carbocycles. The Hall–Kier alpha value is -6.58. The first-order valence-corrected chi connectivity index (χ1v) is 61.7. The number of benzene rings is 5. The number of thiophene rings is 12. The van der Waals surface area contributed by atoms with Crippen molar-refractivity contribution in [3.8, 4) is 104 Å². The second-order valence-corrected chi connectivity index (χ2v) is 52.1. The molecule has 0 aliphatic rings. The molecule has 0 fully saturated rings. The maximum absolute atomic E-state index is 19.2. The standard InChI is InChI=1S/C114H122F4N4S14/c1-13-25-31-63(19-7)53-69-37-43-81(125-69)91-75-49-51-123-109(75)93(83-45-39-71(127-83)55-65(21-9)33-27-15-3)77-59-87(131-111(77)91)97-101(115)103(117)99(107-105(97)119-135-121-107)89-61-79-95(85-47-41-73(129-85)57-67(23-11)35-29-17-5)114-80(96(113(79)133-89)86-48-42-74(130-86)58-68(24-12)36-30-18-6)62-90(134-114)100-104(118)102(116)98(106-108(100)122-136-120-106)88-60-78-94(84-46-40-72(128-84)56-66(22-10)34-28-16-4)110-76(50-52-124-110)92(112(78)132-88)82-44-38-70(126-82)54-64(20-8)32-26-14-2/h37-52,59-68H,13-36,53-58H2,1-12H3. The Morgan fingerprint density at radius 3 is 0.618 bits per heavy atom. The largest absolute Gasteiger partial charge is 0.203 e. The van der Waals surface area contributed by atoms with E-state index in [4.69, 9.17) is 17.5 Å². The van der Waals surface area contributed by atoms with Crippen LogP contribution in [0.3, 0.4) is 0 Å². The van der Waals surface area contributed by atoms with E-state index in [-0.39, 0.29) is 22.3 Å². The molecule has 19 rings (SSSR count). The van der Waals surface area contributed by atoms with Crippen LogP contribution < -0.4 is 0 Å². The van der Waals surface area contributed by atoms with Crippen molar-refractivity contribution < 1.29 is 17.6 Å². The number of fused-ring (bicyclic) bond motifs is 8. The van der Waals surface area contributed by atoms with E-state index in [1.165, 1.54) is 169 Å². The number of rotatable bonds is 46. The van der Waals surface area contributed by atoms with Gasteiger partial charge in [0.2, 0.25) is 0 Å². The van der Waals surface area contributed by atoms with E-state index in [2.05, 4.69) is 203 Å². The molecule has 0 amide bonds. The molecule has 0 aliphatic heterocycles. The van der Waals surface area contributed by atoms with E-state index in [0.717, 1.165) is 223 Å². The first-order valence-electron chi connectivity index (χ1n) is 50.3. The summed E-state index contributed by atoms with van der Waals surface area (Å²) in [5.74, 6) is -0.427. The van der Waals surface area contributed by atoms with Gasteiger partial charge in [0.1, 0.15) is 22.1 Å². The number of unbranched alkanes of at least 4 members (excludes halogenated alkanes) is 6. The topological polar surface area (TPSA) is 51.6 Å². The minimum atomic E-state index is -0.963. The van der Waals surface area contributed by atoms with Crippen molar-refractivity contribution in [2.24, 2.45) is 35.5 Å². The predicted octanol–water partition coefficient (Wildman–Crippen LogP) is 43.1. The molecule has 0 bridgehead atoms. The van der Waals surface area contributed by atoms with E-state index in [9.17, 15) is 0 Å². The Balaban J connectivity index is 0.796. The normalized spacial score (nSPS) is 13.7. The SMILES string of the molecule is CCCCC(CC)Cc1ccc(-c2c3cc(-c4c(F)c(F)c(-c5cc6c(-c7ccc(CC(CC)CCCC)s7)c7sc(-c8c(F)c(F)c(-c9cc%10c(-c%11ccc(CC(CC)CCCC)s%11)c%11sccc%11c(-c%11ccc(CC(CC)CCCC)s%11)c%10s9)c9nsnc89)cc7c(-c7ccc(CC(CC)CCCC)s7)c6s5)c5nsnc45)sc3c(-c3ccc(CC(CC)CCCC)s3)c3ccsc23)s1. The molecule has 14 aromatic heterocycles. The molecule has 4 nitrogen and oxygen atoms in total. The van der Waals surface area contributed by atoms with Crippen LogP contribution in [0.25, 0.3) is 187 Å². The lowest BCUT2D eigenvalue weighted by Crippen LogP contribution is -2.01. The molecule has 22 heteroatoms. The highest BCUT2D eigenvalue weighted by molar-refractivity contribution is 7.28. The van der Waals surface area contributed by atoms with Crippen LogP contribution in [-0.2, 0) is 38.5 Å². The molecule has 136 heavy (non-hydrogen) atoms. The zero-order valence-electron chi connectivity index (χ0n) is 80.2. The number of aromatic nitrogens is 4. The first kappa shape index (κ1) is 98.2. The van der Waals surface area contributed by atoms with Crippen LogP contribution in [0, 0.1) is 58.8 Å². The molecular weight excluding hydrogens is 1950 g/mol. The summed E-state index contributed by atoms with van der Waals surface area (Å²) in [7, 11) is 0. The maximum Gasteiger partial charge on any atom is 0.170 e. The van der Waals surface area contributed by atoms with Gasteiger partial charge in [-0.3, -0.25) is 0 Å². The van der Waals surface area contributed by atoms with Crippen LogP contribution in [0.1, 0.15) is 266 Å². The Morgan fingerprint density at radius 2 is 0.419 bits per heavy atom. The monoisotopic (exact) mass is 2070 g/mol. The first-order chi connectivity index (χ1) is 66.5. The molecule has 0 saturated heterocycles. The van der Waals surface area contributed by atoms with E-state index in [1.54, 1.807) is 68.0 Å². The highest BCUT2D eigenvalue weighted by atomic mass is 32.2. The summed E-state index contributed by atoms with van der Waals surface area (Å²) < 4.78 is 103. The van der Waals surface area contributed by atoms with Crippen LogP contribution in [0.4, 0.5) is 17.6 Å². The Bertz CT molecular complexity index is 6700. The lowest BCUT2D eigenvalue weighted by atomic mass is 9.95. The van der Waals surface area contributed by atoms with Crippen molar-refractivity contribution in [1.82, 2.24) is 17.5 Å². The Kier molecular flexibility index (Phi) is 31.9. The minimum absolute atomic E-state index is 0.0861. The summed E-state index contributed by atoms with van der Waals surface area (Å²) in [5.41, 5.74) is 8.18. The smallest absolute Gasteiger partial charge is 0.170 e. The van der Waals surface area contributed by atoms with Gasteiger partial charge in [-0.05, 0) is 194 Å². The summed E-state index contributed by atoms with van der Waals surface area (Å²) in [6.07, 6.45) is 33.9. The lowest BCUT2D eigenvalue weighted by Gasteiger charge is -2.13. The zero-order valence-corrected chi connectivity index (χ0v) is 91.7. The van der Waals surface area contributed by atoms with E-state index in [0.29, 0.717) is 77.1 Å². The molecule has 19 aromatic rings. The van der Waals surface area contributed by atoms with Gasteiger partial charge in [0.25, 0.3) is 0 Å². The van der Waals surface area contributed by atoms with Gasteiger partial charge < -0.3 is 0 Å². The summed E-state index contributed by atoms with van der Waals surface area (Å²) in [5, 5.41) is 10.6. The number of nitrogens with zero attached hydrogens (tertiary/aromatic N) is 4. The fraction of sp³-hybridized carbons (Fsp3) is 0.421. The van der Waals surface area contributed by atoms with Gasteiger partial charge >= 0.3 is 0 Å². The highest BCUT2D eigenvalue weighted by Crippen LogP contribution is 2.61. The summed E-state index contributed by atoms with van der Waals surface area (Å²) >= 11 is 22.7. The average Bonchev–Trinajstić information content (AvgIpc) is 1.50. The zero-order chi connectivity index (χ0) is 94.1. The van der Waals surface area contributed by atoms with E-state index < -0.39 is 23.3 Å². The lowest BCUT2D eigenvalue weighted by molar-refractivity contribution is 0.452. The van der Waals surface area contributed by atoms with Crippen molar-refractivity contribution in [3.63, 3.8) is 0 Å². The van der Waals surface area contributed by atoms with Crippen LogP contribution in [0.15, 0.2) is 120 Å². The van der Waals surface area contributed by atoms with Crippen molar-refractivity contribution in [2.75, 3.05) is 0 Å². The van der Waals surface area contributed by atoms with Crippen LogP contribution in [-0.4, -0.2) is 17.5 Å². The van der Waals surface area contributed by atoms with Gasteiger partial charge in [-0.25, -0.2) is 17.6 Å². The van der Waals surface area contributed by atoms with Crippen molar-refractivity contribution in [1.29, 1.82) is 0 Å². The quantitative estimate of drug-likeness (QED) is 0.0357. The molecule has 710 valence electrons. The molecule has 0 saturated carbocycles. The van der Waals surface area contributed by atoms with Gasteiger partial charge in [0, 0.05) is 172 Å². The third kappa shape index (κ3) is 19.5. The molecular formula is C114H122F4N4S14. The van der Waals surface area contributed by atoms with Crippen LogP contribution in [0.2, 0.25) is 0 Å². The van der Waals surface area contributed by atoms with Crippen LogP contribution >= 0.6 is 159 Å². The predicted molar refractivity (Wildman–Crippen MR) is 604 cm³/mol. The number of halogens is 4. The Labute approximate surface area is 856 Å². The third-order valence-corrected chi connectivity index (χ3v) is 43.4. The number of hydrogen-bond donors (Lipinski definition) is 0. The van der Waals surface area contributed by atoms with E-state index >= 15 is 17.6 Å². The molecule has 14 heterocycles. The summed E-state index contributed by atoms with van der Waals surface area (Å²) in [4.78, 5) is 17.1. The van der Waals surface area contributed by atoms with Gasteiger partial charge in [-0.2, -0.15) is 17.5 Å². The van der Waals surface area contributed by atoms with Gasteiger partial charge in [0.15, 0.2) is 23.3 Å². The van der Waals surface area contributed by atoms with Gasteiger partial charge in [0.05, 0.1) is 45.7 Å². The molecule has 0 N–H and O–H groups in total. The van der Waals surface area contributed by atoms with Crippen molar-refractivity contribution in [3.05, 3.63) is 172 Å². The number of hydrogen-bond acceptors (Lipinski definition) is 18. The summed E-state index contributed by atoms with van der Waals surface area (Å²) in [6, 6.07) is 40.7. The highest BCUT2D eigenvalue weighted by Gasteiger charge is 2.36. The maximum atomic E-state index is 19.2. The minimum Gasteiger partial charge on any atom is -0.203 e. The second-order valence-electron chi connectivity index (χ2n) is 38.0. The Morgan fingerprint density at radius 1 is 0.221 bits per heavy atom. The summed E-state index contributed by atoms with van der Waals surface area (Å²) in [6.45, 7) is 27.6. The average molecular weight is 2070 g/mol. The molecule has 6 atom stereocenters. The van der Waals surface area contributed by atoms with Crippen LogP contribution in [0.5, 0.6) is 0 Å². The fourth-order valence-electron chi connectivity index (χ4n) is 21.0. The third-order valence-electron chi connectivity index (χ3n) is 29.1. The van der Waals surface area contributed by atoms with Gasteiger partial charge in [-0.15, -0.1) is 136 Å². The molecule has 0 radical (unpaired) electrons. The second kappa shape index (κ2) is 44.1. The van der Waals surface area contributed by atoms with E-state index in [1.807, 2.05) is 45.3 Å².